The van der Waals surface area contributed by atoms with Gasteiger partial charge in [0.25, 0.3) is 23.6 Å². The van der Waals surface area contributed by atoms with Gasteiger partial charge in [0.05, 0.1) is 88.7 Å². The Balaban J connectivity index is 0.000000128. The van der Waals surface area contributed by atoms with Gasteiger partial charge in [-0.15, -0.1) is 11.3 Å². The molecule has 550 valence electrons. The van der Waals surface area contributed by atoms with Gasteiger partial charge in [0.15, 0.2) is 23.3 Å². The monoisotopic (exact) mass is 1510 g/mol. The summed E-state index contributed by atoms with van der Waals surface area (Å²) in [6.45, 7) is 8.95. The van der Waals surface area contributed by atoms with E-state index in [1.54, 1.807) is 34.8 Å². The number of benzene rings is 8. The summed E-state index contributed by atoms with van der Waals surface area (Å²) >= 11 is 7.28. The summed E-state index contributed by atoms with van der Waals surface area (Å²) in [5.74, 6) is 0.514. The smallest absolute Gasteiger partial charge is 0.364 e. The minimum absolute atomic E-state index is 0.0892. The Kier molecular flexibility index (Phi) is 21.8. The van der Waals surface area contributed by atoms with E-state index in [0.717, 1.165) is 73.9 Å². The largest absolute Gasteiger partial charge is 0.416 e. The Morgan fingerprint density at radius 3 is 1.21 bits per heavy atom. The van der Waals surface area contributed by atoms with Crippen molar-refractivity contribution >= 4 is 113 Å². The number of rotatable bonds is 16. The van der Waals surface area contributed by atoms with Crippen LogP contribution in [0.4, 0.5) is 49.6 Å². The molecule has 0 fully saturated rings. The molecule has 0 aliphatic carbocycles. The molecule has 16 rings (SSSR count). The number of halogens is 7. The molecule has 0 spiro atoms. The van der Waals surface area contributed by atoms with Crippen LogP contribution in [-0.2, 0) is 38.5 Å². The zero-order valence-electron chi connectivity index (χ0n) is 58.0. The second-order valence-electron chi connectivity index (χ2n) is 24.7. The maximum Gasteiger partial charge on any atom is 0.416 e. The van der Waals surface area contributed by atoms with Crippen LogP contribution in [0.15, 0.2) is 238 Å². The zero-order chi connectivity index (χ0) is 76.5. The molecule has 0 atom stereocenters. The number of anilines is 4. The van der Waals surface area contributed by atoms with Crippen LogP contribution in [0.3, 0.4) is 0 Å². The SMILES string of the molecule is Cc1ccc(Cn2nc(NC(=O)c3ccno3)c3ccccc32)cc1.Cc1cnoc1C(=O)Nc1nn(Cc2ccc(C(F)(F)F)cc2)c2ccccc12.Cc1ncsc1C(=O)Nc1nn(Cc2ccc(Cl)cc2)c2ccccc12.Cc1nocc1C(=O)Nc1nn(Cc2ccc(C(F)(F)F)cc2)c2ccccc12. The van der Waals surface area contributed by atoms with Crippen molar-refractivity contribution in [3.63, 3.8) is 0 Å². The summed E-state index contributed by atoms with van der Waals surface area (Å²) < 4.78 is 98.2. The highest BCUT2D eigenvalue weighted by Crippen LogP contribution is 2.34. The van der Waals surface area contributed by atoms with E-state index in [4.69, 9.17) is 25.2 Å². The summed E-state index contributed by atoms with van der Waals surface area (Å²) in [5, 5.41) is 44.0. The highest BCUT2D eigenvalue weighted by Gasteiger charge is 2.32. The number of carbonyl (C=O) groups is 4. The van der Waals surface area contributed by atoms with Crippen LogP contribution in [0.2, 0.25) is 5.02 Å². The molecule has 0 saturated heterocycles. The van der Waals surface area contributed by atoms with E-state index in [2.05, 4.69) is 93.3 Å². The number of amides is 4. The normalized spacial score (nSPS) is 11.4. The van der Waals surface area contributed by atoms with Gasteiger partial charge < -0.3 is 34.8 Å². The van der Waals surface area contributed by atoms with Crippen LogP contribution in [0.5, 0.6) is 0 Å². The van der Waals surface area contributed by atoms with Crippen LogP contribution in [0.1, 0.15) is 97.0 Å². The molecule has 4 amide bonds. The zero-order valence-corrected chi connectivity index (χ0v) is 59.5. The van der Waals surface area contributed by atoms with Crippen LogP contribution in [-0.4, -0.2) is 83.2 Å². The van der Waals surface area contributed by atoms with Gasteiger partial charge in [-0.1, -0.05) is 142 Å². The second-order valence-corrected chi connectivity index (χ2v) is 26.0. The topological polar surface area (TPSA) is 279 Å². The average molecular weight is 1520 g/mol. The Labute approximate surface area is 623 Å². The predicted octanol–water partition coefficient (Wildman–Crippen LogP) is 17.7. The molecule has 4 N–H and O–H groups in total. The molecule has 0 unspecified atom stereocenters. The molecule has 0 saturated carbocycles. The standard InChI is InChI=1S/2C20H15F3N4O2.C19H15ClN4OS.C19H16N4O2/c1-12-16(11-29-26-12)19(28)24-18-15-4-2-3-5-17(15)27(25-18)10-13-6-8-14(9-7-13)20(21,22)23;1-12-10-24-29-17(12)19(28)25-18-15-4-2-3-5-16(15)27(26-18)11-13-6-8-14(9-7-13)20(21,22)23;1-12-17(26-11-21-12)19(25)22-18-15-4-2-3-5-16(15)24(23-18)10-13-6-8-14(20)9-7-13;1-13-6-8-14(9-7-13)12-23-16-5-3-2-4-15(16)18(22-23)21-19(24)17-10-11-20-25-17/h2-9,11H,10H2,1H3,(H,24,25,28);2-10H,11H2,1H3,(H,25,26,28);2-9,11H,10H2,1H3,(H,22,23,25);2-11H,12H2,1H3,(H,21,22,24). The molecule has 23 nitrogen and oxygen atoms in total. The molecule has 0 aliphatic rings. The average Bonchev–Trinajstić information content (AvgIpc) is 1.66. The van der Waals surface area contributed by atoms with Gasteiger partial charge in [-0.25, -0.2) is 4.98 Å². The number of carbonyl (C=O) groups excluding carboxylic acids is 4. The Morgan fingerprint density at radius 1 is 0.450 bits per heavy atom. The van der Waals surface area contributed by atoms with Gasteiger partial charge in [0, 0.05) is 38.2 Å². The molecule has 109 heavy (non-hydrogen) atoms. The first-order valence-electron chi connectivity index (χ1n) is 33.3. The maximum atomic E-state index is 12.8. The van der Waals surface area contributed by atoms with Gasteiger partial charge in [-0.2, -0.15) is 46.7 Å². The van der Waals surface area contributed by atoms with Crippen molar-refractivity contribution in [2.45, 2.75) is 66.2 Å². The molecular formula is C78H61ClF6N16O7S. The minimum Gasteiger partial charge on any atom is -0.364 e. The van der Waals surface area contributed by atoms with Gasteiger partial charge >= 0.3 is 12.4 Å². The summed E-state index contributed by atoms with van der Waals surface area (Å²) in [6.07, 6.45) is -4.63. The lowest BCUT2D eigenvalue weighted by Crippen LogP contribution is -2.13. The number of hydrogen-bond donors (Lipinski definition) is 4. The lowest BCUT2D eigenvalue weighted by Gasteiger charge is -2.08. The summed E-state index contributed by atoms with van der Waals surface area (Å²) in [5.41, 5.74) is 10.5. The van der Waals surface area contributed by atoms with Crippen molar-refractivity contribution in [2.24, 2.45) is 0 Å². The van der Waals surface area contributed by atoms with Gasteiger partial charge in [-0.3, -0.25) is 37.9 Å². The lowest BCUT2D eigenvalue weighted by atomic mass is 10.1. The third-order valence-electron chi connectivity index (χ3n) is 17.0. The van der Waals surface area contributed by atoms with E-state index in [0.29, 0.717) is 85.0 Å². The Bertz CT molecular complexity index is 5720. The number of hydrogen-bond acceptors (Lipinski definition) is 16. The maximum absolute atomic E-state index is 12.8. The van der Waals surface area contributed by atoms with Crippen molar-refractivity contribution in [1.29, 1.82) is 0 Å². The molecular weight excluding hydrogens is 1450 g/mol. The van der Waals surface area contributed by atoms with E-state index in [1.165, 1.54) is 65.9 Å². The number of alkyl halides is 6. The minimum atomic E-state index is -4.38. The predicted molar refractivity (Wildman–Crippen MR) is 399 cm³/mol. The number of aromatic nitrogens is 12. The Hall–Kier alpha value is -13.4. The first kappa shape index (κ1) is 73.9. The fourth-order valence-electron chi connectivity index (χ4n) is 11.5. The van der Waals surface area contributed by atoms with Crippen LogP contribution < -0.4 is 21.3 Å². The van der Waals surface area contributed by atoms with E-state index in [1.807, 2.05) is 132 Å². The molecule has 0 aliphatic heterocycles. The highest BCUT2D eigenvalue weighted by molar-refractivity contribution is 7.12. The quantitative estimate of drug-likeness (QED) is 0.0655. The molecule has 8 aromatic carbocycles. The van der Waals surface area contributed by atoms with E-state index < -0.39 is 35.3 Å². The number of nitrogens with zero attached hydrogens (tertiary/aromatic N) is 12. The van der Waals surface area contributed by atoms with E-state index in [9.17, 15) is 45.5 Å². The first-order chi connectivity index (χ1) is 52.5. The number of aryl methyl sites for hydroxylation is 4. The molecule has 0 bridgehead atoms. The fourth-order valence-corrected chi connectivity index (χ4v) is 12.3. The second kappa shape index (κ2) is 32.2. The fraction of sp³-hybridized carbons (Fsp3) is 0.128. The van der Waals surface area contributed by atoms with Crippen LogP contribution >= 0.6 is 22.9 Å². The summed E-state index contributed by atoms with van der Waals surface area (Å²) in [6, 6.07) is 57.5. The Morgan fingerprint density at radius 2 is 0.844 bits per heavy atom. The number of nitrogens with one attached hydrogen (secondary N) is 4. The molecule has 8 heterocycles. The van der Waals surface area contributed by atoms with Gasteiger partial charge in [-0.05, 0) is 135 Å². The molecule has 31 heteroatoms. The molecule has 0 radical (unpaired) electrons. The number of para-hydroxylation sites is 4. The highest BCUT2D eigenvalue weighted by atomic mass is 35.5. The van der Waals surface area contributed by atoms with Crippen LogP contribution in [0, 0.1) is 27.7 Å². The van der Waals surface area contributed by atoms with Gasteiger partial charge in [0.2, 0.25) is 11.5 Å². The van der Waals surface area contributed by atoms with Crippen LogP contribution in [0.25, 0.3) is 43.6 Å². The van der Waals surface area contributed by atoms with E-state index in [-0.39, 0.29) is 36.4 Å². The third kappa shape index (κ3) is 17.5. The van der Waals surface area contributed by atoms with Gasteiger partial charge in [0.1, 0.15) is 16.7 Å². The first-order valence-corrected chi connectivity index (χ1v) is 34.6. The summed E-state index contributed by atoms with van der Waals surface area (Å²) in [4.78, 5) is 54.4. The van der Waals surface area contributed by atoms with Crippen molar-refractivity contribution < 1.29 is 59.1 Å². The lowest BCUT2D eigenvalue weighted by molar-refractivity contribution is -0.138. The van der Waals surface area contributed by atoms with Crippen molar-refractivity contribution in [2.75, 3.05) is 21.3 Å². The number of thiazole rings is 1. The molecule has 16 aromatic rings. The van der Waals surface area contributed by atoms with E-state index >= 15 is 0 Å². The van der Waals surface area contributed by atoms with Crippen molar-refractivity contribution in [3.8, 4) is 0 Å². The van der Waals surface area contributed by atoms with Crippen molar-refractivity contribution in [3.05, 3.63) is 307 Å². The van der Waals surface area contributed by atoms with Crippen molar-refractivity contribution in [1.82, 2.24) is 59.6 Å². The molecule has 8 aromatic heterocycles. The summed E-state index contributed by atoms with van der Waals surface area (Å²) in [7, 11) is 0. The number of fused-ring (bicyclic) bond motifs is 4. The third-order valence-corrected chi connectivity index (χ3v) is 18.2.